The predicted molar refractivity (Wildman–Crippen MR) is 67.7 cm³/mol. The molecule has 1 spiro atoms. The molecule has 2 saturated heterocycles. The van der Waals surface area contributed by atoms with Crippen LogP contribution in [0.1, 0.15) is 17.3 Å². The first kappa shape index (κ1) is 11.5. The van der Waals surface area contributed by atoms with E-state index in [0.717, 1.165) is 32.0 Å². The van der Waals surface area contributed by atoms with Gasteiger partial charge >= 0.3 is 5.97 Å². The second-order valence-corrected chi connectivity index (χ2v) is 5.09. The van der Waals surface area contributed by atoms with Crippen LogP contribution >= 0.6 is 0 Å². The van der Waals surface area contributed by atoms with Gasteiger partial charge in [0, 0.05) is 37.8 Å². The fourth-order valence-electron chi connectivity index (χ4n) is 2.54. The number of nitrogens with one attached hydrogen (secondary N) is 1. The van der Waals surface area contributed by atoms with Crippen molar-refractivity contribution < 1.29 is 9.53 Å². The molecule has 2 fully saturated rings. The molecule has 0 aromatic carbocycles. The van der Waals surface area contributed by atoms with E-state index in [2.05, 4.69) is 15.2 Å². The number of hydrogen-bond acceptors (Lipinski definition) is 5. The average molecular weight is 247 g/mol. The number of esters is 1. The van der Waals surface area contributed by atoms with Gasteiger partial charge in [-0.05, 0) is 19.1 Å². The van der Waals surface area contributed by atoms with Crippen molar-refractivity contribution in [2.75, 3.05) is 37.7 Å². The van der Waals surface area contributed by atoms with E-state index in [9.17, 15) is 4.79 Å². The summed E-state index contributed by atoms with van der Waals surface area (Å²) in [5.41, 5.74) is 1.00. The van der Waals surface area contributed by atoms with E-state index in [1.165, 1.54) is 0 Å². The van der Waals surface area contributed by atoms with Crippen LogP contribution in [0.2, 0.25) is 0 Å². The zero-order valence-electron chi connectivity index (χ0n) is 10.5. The normalized spacial score (nSPS) is 20.2. The van der Waals surface area contributed by atoms with Crippen LogP contribution in [-0.4, -0.2) is 43.7 Å². The van der Waals surface area contributed by atoms with E-state index < -0.39 is 0 Å². The topological polar surface area (TPSA) is 54.5 Å². The lowest BCUT2D eigenvalue weighted by Gasteiger charge is -2.56. The number of aromatic nitrogens is 1. The van der Waals surface area contributed by atoms with Crippen LogP contribution in [0.5, 0.6) is 0 Å². The summed E-state index contributed by atoms with van der Waals surface area (Å²) in [5, 5.41) is 3.31. The zero-order chi connectivity index (χ0) is 12.6. The monoisotopic (exact) mass is 247 g/mol. The fourth-order valence-corrected chi connectivity index (χ4v) is 2.54. The van der Waals surface area contributed by atoms with Gasteiger partial charge in [0.25, 0.3) is 0 Å². The molecule has 5 nitrogen and oxygen atoms in total. The van der Waals surface area contributed by atoms with Crippen molar-refractivity contribution in [2.24, 2.45) is 5.41 Å². The minimum absolute atomic E-state index is 0.306. The summed E-state index contributed by atoms with van der Waals surface area (Å²) in [5.74, 6) is 0.639. The van der Waals surface area contributed by atoms with Crippen molar-refractivity contribution in [2.45, 2.75) is 6.92 Å². The van der Waals surface area contributed by atoms with Gasteiger partial charge in [0.1, 0.15) is 5.82 Å². The summed E-state index contributed by atoms with van der Waals surface area (Å²) in [6.45, 7) is 6.54. The molecule has 0 aliphatic carbocycles. The summed E-state index contributed by atoms with van der Waals surface area (Å²) in [4.78, 5) is 18.1. The van der Waals surface area contributed by atoms with Gasteiger partial charge in [-0.2, -0.15) is 0 Å². The first-order valence-electron chi connectivity index (χ1n) is 6.31. The van der Waals surface area contributed by atoms with E-state index in [1.807, 2.05) is 6.07 Å². The summed E-state index contributed by atoms with van der Waals surface area (Å²) < 4.78 is 4.93. The van der Waals surface area contributed by atoms with E-state index in [4.69, 9.17) is 4.74 Å². The maximum atomic E-state index is 11.5. The maximum absolute atomic E-state index is 11.5. The number of carbonyl (C=O) groups excluding carboxylic acids is 1. The summed E-state index contributed by atoms with van der Waals surface area (Å²) in [7, 11) is 0. The van der Waals surface area contributed by atoms with Crippen LogP contribution in [-0.2, 0) is 4.74 Å². The molecule has 1 aromatic heterocycles. The fraction of sp³-hybridized carbons (Fsp3) is 0.538. The van der Waals surface area contributed by atoms with E-state index in [0.29, 0.717) is 17.6 Å². The van der Waals surface area contributed by atoms with Gasteiger partial charge in [-0.15, -0.1) is 0 Å². The van der Waals surface area contributed by atoms with Crippen LogP contribution in [0.15, 0.2) is 18.3 Å². The predicted octanol–water partition coefficient (Wildman–Crippen LogP) is 0.668. The smallest absolute Gasteiger partial charge is 0.339 e. The Balaban J connectivity index is 1.63. The quantitative estimate of drug-likeness (QED) is 0.796. The Hall–Kier alpha value is -1.62. The van der Waals surface area contributed by atoms with Crippen molar-refractivity contribution in [3.63, 3.8) is 0 Å². The summed E-state index contributed by atoms with van der Waals surface area (Å²) in [6.07, 6.45) is 1.59. The Morgan fingerprint density at radius 1 is 1.50 bits per heavy atom. The van der Waals surface area contributed by atoms with Crippen molar-refractivity contribution in [3.8, 4) is 0 Å². The molecule has 0 amide bonds. The number of rotatable bonds is 3. The second kappa shape index (κ2) is 4.24. The van der Waals surface area contributed by atoms with Crippen LogP contribution in [0.4, 0.5) is 5.82 Å². The molecule has 2 aliphatic rings. The minimum Gasteiger partial charge on any atom is -0.462 e. The van der Waals surface area contributed by atoms with Crippen molar-refractivity contribution in [1.82, 2.24) is 10.3 Å². The lowest BCUT2D eigenvalue weighted by Crippen LogP contribution is -2.71. The Bertz CT molecular complexity index is 446. The zero-order valence-corrected chi connectivity index (χ0v) is 10.5. The van der Waals surface area contributed by atoms with Crippen LogP contribution in [0.25, 0.3) is 0 Å². The molecular formula is C13H17N3O2. The standard InChI is InChI=1S/C13H17N3O2/c1-2-18-12(17)10-3-4-11(15-5-10)16-8-13(9-16)6-14-7-13/h3-5,14H,2,6-9H2,1H3. The van der Waals surface area contributed by atoms with E-state index in [1.54, 1.807) is 19.2 Å². The molecule has 0 radical (unpaired) electrons. The van der Waals surface area contributed by atoms with Gasteiger partial charge in [0.15, 0.2) is 0 Å². The molecule has 1 aromatic rings. The van der Waals surface area contributed by atoms with Gasteiger partial charge in [-0.25, -0.2) is 9.78 Å². The van der Waals surface area contributed by atoms with Crippen molar-refractivity contribution >= 4 is 11.8 Å². The molecule has 3 rings (SSSR count). The van der Waals surface area contributed by atoms with Crippen molar-refractivity contribution in [3.05, 3.63) is 23.9 Å². The maximum Gasteiger partial charge on any atom is 0.339 e. The van der Waals surface area contributed by atoms with Gasteiger partial charge in [-0.1, -0.05) is 0 Å². The molecule has 0 saturated carbocycles. The SMILES string of the molecule is CCOC(=O)c1ccc(N2CC3(CNC3)C2)nc1. The number of ether oxygens (including phenoxy) is 1. The first-order valence-corrected chi connectivity index (χ1v) is 6.31. The molecule has 3 heterocycles. The van der Waals surface area contributed by atoms with Gasteiger partial charge < -0.3 is 15.0 Å². The number of nitrogens with zero attached hydrogens (tertiary/aromatic N) is 2. The van der Waals surface area contributed by atoms with Crippen LogP contribution in [0.3, 0.4) is 0 Å². The highest BCUT2D eigenvalue weighted by molar-refractivity contribution is 5.89. The average Bonchev–Trinajstić information content (AvgIpc) is 2.26. The van der Waals surface area contributed by atoms with Crippen molar-refractivity contribution in [1.29, 1.82) is 0 Å². The molecule has 0 bridgehead atoms. The number of carbonyl (C=O) groups is 1. The van der Waals surface area contributed by atoms with Crippen LogP contribution < -0.4 is 10.2 Å². The third-order valence-electron chi connectivity index (χ3n) is 3.64. The number of hydrogen-bond donors (Lipinski definition) is 1. The Labute approximate surface area is 106 Å². The largest absolute Gasteiger partial charge is 0.462 e. The molecule has 2 aliphatic heterocycles. The van der Waals surface area contributed by atoms with Crippen LogP contribution in [0, 0.1) is 5.41 Å². The highest BCUT2D eigenvalue weighted by atomic mass is 16.5. The second-order valence-electron chi connectivity index (χ2n) is 5.09. The Kier molecular flexibility index (Phi) is 2.70. The molecule has 18 heavy (non-hydrogen) atoms. The van der Waals surface area contributed by atoms with E-state index >= 15 is 0 Å². The van der Waals surface area contributed by atoms with Gasteiger partial charge in [-0.3, -0.25) is 0 Å². The lowest BCUT2D eigenvalue weighted by atomic mass is 9.74. The van der Waals surface area contributed by atoms with Gasteiger partial charge in [0.05, 0.1) is 12.2 Å². The molecule has 1 N–H and O–H groups in total. The lowest BCUT2D eigenvalue weighted by molar-refractivity contribution is 0.0526. The molecule has 0 unspecified atom stereocenters. The Morgan fingerprint density at radius 3 is 2.78 bits per heavy atom. The van der Waals surface area contributed by atoms with E-state index in [-0.39, 0.29) is 5.97 Å². The number of pyridine rings is 1. The Morgan fingerprint density at radius 2 is 2.28 bits per heavy atom. The first-order chi connectivity index (χ1) is 8.72. The minimum atomic E-state index is -0.306. The summed E-state index contributed by atoms with van der Waals surface area (Å²) in [6, 6.07) is 3.68. The third kappa shape index (κ3) is 1.84. The number of anilines is 1. The molecule has 0 atom stereocenters. The molecule has 5 heteroatoms. The van der Waals surface area contributed by atoms with Gasteiger partial charge in [0.2, 0.25) is 0 Å². The molecule has 96 valence electrons. The highest BCUT2D eigenvalue weighted by Crippen LogP contribution is 2.36. The highest BCUT2D eigenvalue weighted by Gasteiger charge is 2.47. The summed E-state index contributed by atoms with van der Waals surface area (Å²) >= 11 is 0. The molecular weight excluding hydrogens is 230 g/mol. The third-order valence-corrected chi connectivity index (χ3v) is 3.64.